The van der Waals surface area contributed by atoms with E-state index >= 15 is 0 Å². The Morgan fingerprint density at radius 3 is 2.18 bits per heavy atom. The molecule has 0 aliphatic heterocycles. The molecule has 0 bridgehead atoms. The van der Waals surface area contributed by atoms with Crippen molar-refractivity contribution in [3.8, 4) is 0 Å². The van der Waals surface area contributed by atoms with Crippen LogP contribution in [0.2, 0.25) is 0 Å². The average Bonchev–Trinajstić information content (AvgIpc) is 2.10. The van der Waals surface area contributed by atoms with Crippen LogP contribution in [-0.2, 0) is 14.6 Å². The van der Waals surface area contributed by atoms with Gasteiger partial charge in [0.25, 0.3) is 0 Å². The van der Waals surface area contributed by atoms with Crippen molar-refractivity contribution in [2.24, 2.45) is 11.7 Å². The second-order valence-corrected chi connectivity index (χ2v) is 7.95. The van der Waals surface area contributed by atoms with E-state index in [1.807, 2.05) is 13.8 Å². The third-order valence-corrected chi connectivity index (χ3v) is 4.81. The van der Waals surface area contributed by atoms with Crippen molar-refractivity contribution in [1.29, 1.82) is 0 Å². The molecule has 0 aromatic heterocycles. The number of hydrogen-bond acceptors (Lipinski definition) is 4. The average molecular weight is 264 g/mol. The lowest BCUT2D eigenvalue weighted by Gasteiger charge is -2.23. The zero-order chi connectivity index (χ0) is 13.9. The number of carbonyl (C=O) groups excluding carboxylic acids is 1. The third-order valence-electron chi connectivity index (χ3n) is 2.77. The molecular weight excluding hydrogens is 240 g/mol. The molecule has 0 spiro atoms. The SMILES string of the molecule is CC(C)CC(N)CNC(=O)C(C)(C)S(C)(=O)=O. The summed E-state index contributed by atoms with van der Waals surface area (Å²) in [5.74, 6) is -0.0518. The highest BCUT2D eigenvalue weighted by atomic mass is 32.2. The maximum Gasteiger partial charge on any atom is 0.240 e. The Labute approximate surface area is 104 Å². The highest BCUT2D eigenvalue weighted by molar-refractivity contribution is 7.92. The summed E-state index contributed by atoms with van der Waals surface area (Å²) >= 11 is 0. The summed E-state index contributed by atoms with van der Waals surface area (Å²) < 4.78 is 21.4. The summed E-state index contributed by atoms with van der Waals surface area (Å²) in [5.41, 5.74) is 5.81. The van der Waals surface area contributed by atoms with Gasteiger partial charge in [-0.05, 0) is 26.2 Å². The molecular formula is C11H24N2O3S. The van der Waals surface area contributed by atoms with Gasteiger partial charge in [0.05, 0.1) is 0 Å². The lowest BCUT2D eigenvalue weighted by Crippen LogP contribution is -2.50. The van der Waals surface area contributed by atoms with Crippen LogP contribution in [0.1, 0.15) is 34.1 Å². The maximum absolute atomic E-state index is 11.8. The maximum atomic E-state index is 11.8. The van der Waals surface area contributed by atoms with Crippen LogP contribution in [0.5, 0.6) is 0 Å². The number of nitrogens with one attached hydrogen (secondary N) is 1. The van der Waals surface area contributed by atoms with Gasteiger partial charge < -0.3 is 11.1 Å². The second kappa shape index (κ2) is 5.82. The number of carbonyl (C=O) groups is 1. The number of nitrogens with two attached hydrogens (primary N) is 1. The summed E-state index contributed by atoms with van der Waals surface area (Å²) in [6.07, 6.45) is 1.85. The van der Waals surface area contributed by atoms with Gasteiger partial charge in [-0.3, -0.25) is 4.79 Å². The Balaban J connectivity index is 4.38. The standard InChI is InChI=1S/C11H24N2O3S/c1-8(2)6-9(12)7-13-10(14)11(3,4)17(5,15)16/h8-9H,6-7,12H2,1-5H3,(H,13,14). The Kier molecular flexibility index (Phi) is 5.61. The van der Waals surface area contributed by atoms with Gasteiger partial charge >= 0.3 is 0 Å². The van der Waals surface area contributed by atoms with Gasteiger partial charge in [-0.25, -0.2) is 8.42 Å². The van der Waals surface area contributed by atoms with Crippen LogP contribution in [0.25, 0.3) is 0 Å². The van der Waals surface area contributed by atoms with E-state index in [9.17, 15) is 13.2 Å². The van der Waals surface area contributed by atoms with E-state index in [1.54, 1.807) is 0 Å². The number of hydrogen-bond donors (Lipinski definition) is 2. The molecule has 0 saturated carbocycles. The van der Waals surface area contributed by atoms with Gasteiger partial charge in [0.1, 0.15) is 4.75 Å². The molecule has 1 atom stereocenters. The quantitative estimate of drug-likeness (QED) is 0.722. The molecule has 102 valence electrons. The number of amides is 1. The van der Waals surface area contributed by atoms with Gasteiger partial charge in [0.2, 0.25) is 5.91 Å². The van der Waals surface area contributed by atoms with E-state index < -0.39 is 20.5 Å². The summed E-state index contributed by atoms with van der Waals surface area (Å²) in [7, 11) is -3.43. The zero-order valence-electron chi connectivity index (χ0n) is 11.3. The molecule has 0 aromatic carbocycles. The molecule has 0 heterocycles. The van der Waals surface area contributed by atoms with Crippen LogP contribution >= 0.6 is 0 Å². The fourth-order valence-electron chi connectivity index (χ4n) is 1.29. The fourth-order valence-corrected chi connectivity index (χ4v) is 1.70. The third kappa shape index (κ3) is 5.04. The van der Waals surface area contributed by atoms with Crippen molar-refractivity contribution >= 4 is 15.7 Å². The second-order valence-electron chi connectivity index (χ2n) is 5.38. The highest BCUT2D eigenvalue weighted by Gasteiger charge is 2.38. The molecule has 0 fully saturated rings. The molecule has 3 N–H and O–H groups in total. The van der Waals surface area contributed by atoms with Crippen LogP contribution in [0.4, 0.5) is 0 Å². The van der Waals surface area contributed by atoms with E-state index in [-0.39, 0.29) is 6.04 Å². The van der Waals surface area contributed by atoms with Crippen LogP contribution in [0, 0.1) is 5.92 Å². The minimum absolute atomic E-state index is 0.144. The van der Waals surface area contributed by atoms with Gasteiger partial charge in [-0.15, -0.1) is 0 Å². The first kappa shape index (κ1) is 16.4. The Morgan fingerprint density at radius 2 is 1.82 bits per heavy atom. The normalized spacial score (nSPS) is 14.8. The highest BCUT2D eigenvalue weighted by Crippen LogP contribution is 2.15. The summed E-state index contributed by atoms with van der Waals surface area (Å²) in [6, 6.07) is -0.144. The molecule has 0 radical (unpaired) electrons. The van der Waals surface area contributed by atoms with Crippen LogP contribution in [-0.4, -0.2) is 37.9 Å². The van der Waals surface area contributed by atoms with E-state index in [0.29, 0.717) is 12.5 Å². The Hall–Kier alpha value is -0.620. The van der Waals surface area contributed by atoms with Crippen molar-refractivity contribution in [3.05, 3.63) is 0 Å². The van der Waals surface area contributed by atoms with E-state index in [0.717, 1.165) is 12.7 Å². The van der Waals surface area contributed by atoms with Crippen LogP contribution in [0.15, 0.2) is 0 Å². The predicted molar refractivity (Wildman–Crippen MR) is 69.4 cm³/mol. The molecule has 17 heavy (non-hydrogen) atoms. The lowest BCUT2D eigenvalue weighted by molar-refractivity contribution is -0.122. The van der Waals surface area contributed by atoms with Crippen molar-refractivity contribution in [3.63, 3.8) is 0 Å². The first-order valence-corrected chi connectivity index (χ1v) is 7.61. The van der Waals surface area contributed by atoms with Crippen molar-refractivity contribution in [2.45, 2.75) is 44.9 Å². The molecule has 1 amide bonds. The number of sulfone groups is 1. The van der Waals surface area contributed by atoms with E-state index in [1.165, 1.54) is 13.8 Å². The fraction of sp³-hybridized carbons (Fsp3) is 0.909. The largest absolute Gasteiger partial charge is 0.353 e. The molecule has 0 saturated heterocycles. The van der Waals surface area contributed by atoms with Crippen LogP contribution < -0.4 is 11.1 Å². The topological polar surface area (TPSA) is 89.3 Å². The first-order valence-electron chi connectivity index (χ1n) is 5.72. The lowest BCUT2D eigenvalue weighted by atomic mass is 10.0. The smallest absolute Gasteiger partial charge is 0.240 e. The predicted octanol–water partition coefficient (Wildman–Crippen LogP) is 0.299. The zero-order valence-corrected chi connectivity index (χ0v) is 12.1. The number of rotatable bonds is 6. The monoisotopic (exact) mass is 264 g/mol. The minimum Gasteiger partial charge on any atom is -0.353 e. The molecule has 0 aliphatic carbocycles. The van der Waals surface area contributed by atoms with Gasteiger partial charge in [-0.1, -0.05) is 13.8 Å². The molecule has 0 rings (SSSR count). The summed E-state index contributed by atoms with van der Waals surface area (Å²) in [5, 5.41) is 2.59. The molecule has 1 unspecified atom stereocenters. The first-order chi connectivity index (χ1) is 7.48. The van der Waals surface area contributed by atoms with Gasteiger partial charge in [0.15, 0.2) is 9.84 Å². The van der Waals surface area contributed by atoms with E-state index in [4.69, 9.17) is 5.73 Å². The summed E-state index contributed by atoms with van der Waals surface area (Å²) in [6.45, 7) is 7.18. The van der Waals surface area contributed by atoms with Crippen molar-refractivity contribution in [1.82, 2.24) is 5.32 Å². The van der Waals surface area contributed by atoms with Crippen LogP contribution in [0.3, 0.4) is 0 Å². The Bertz CT molecular complexity index is 361. The van der Waals surface area contributed by atoms with Gasteiger partial charge in [-0.2, -0.15) is 0 Å². The summed E-state index contributed by atoms with van der Waals surface area (Å²) in [4.78, 5) is 11.8. The van der Waals surface area contributed by atoms with Crippen molar-refractivity contribution < 1.29 is 13.2 Å². The Morgan fingerprint density at radius 1 is 1.35 bits per heavy atom. The molecule has 0 aromatic rings. The molecule has 5 nitrogen and oxygen atoms in total. The van der Waals surface area contributed by atoms with E-state index in [2.05, 4.69) is 5.32 Å². The minimum atomic E-state index is -3.43. The molecule has 0 aliphatic rings. The molecule has 6 heteroatoms. The van der Waals surface area contributed by atoms with Crippen molar-refractivity contribution in [2.75, 3.05) is 12.8 Å². The van der Waals surface area contributed by atoms with Gasteiger partial charge in [0, 0.05) is 18.8 Å².